The van der Waals surface area contributed by atoms with E-state index < -0.39 is 15.8 Å². The van der Waals surface area contributed by atoms with E-state index >= 15 is 0 Å². The minimum atomic E-state index is -3.45. The van der Waals surface area contributed by atoms with Crippen molar-refractivity contribution < 1.29 is 17.9 Å². The number of aromatic amines is 1. The lowest BCUT2D eigenvalue weighted by Gasteiger charge is -2.25. The zero-order valence-electron chi connectivity index (χ0n) is 20.4. The van der Waals surface area contributed by atoms with Crippen LogP contribution in [-0.4, -0.2) is 62.1 Å². The van der Waals surface area contributed by atoms with Crippen molar-refractivity contribution >= 4 is 38.0 Å². The molecule has 0 saturated heterocycles. The Bertz CT molecular complexity index is 1480. The van der Waals surface area contributed by atoms with Crippen LogP contribution >= 0.6 is 0 Å². The minimum Gasteiger partial charge on any atom is -0.494 e. The van der Waals surface area contributed by atoms with E-state index in [0.29, 0.717) is 46.6 Å². The van der Waals surface area contributed by atoms with Crippen LogP contribution < -0.4 is 4.31 Å². The Kier molecular flexibility index (Phi) is 7.42. The molecule has 0 aliphatic rings. The summed E-state index contributed by atoms with van der Waals surface area (Å²) in [6, 6.07) is 20.6. The van der Waals surface area contributed by atoms with Crippen molar-refractivity contribution in [1.82, 2.24) is 9.88 Å². The molecule has 188 valence electrons. The number of H-pyrrole nitrogens is 1. The molecule has 0 bridgehead atoms. The van der Waals surface area contributed by atoms with Gasteiger partial charge in [-0.1, -0.05) is 30.3 Å². The van der Waals surface area contributed by atoms with Gasteiger partial charge in [0.1, 0.15) is 5.82 Å². The van der Waals surface area contributed by atoms with Crippen molar-refractivity contribution in [2.24, 2.45) is 4.99 Å². The first-order chi connectivity index (χ1) is 17.2. The fourth-order valence-corrected chi connectivity index (χ4v) is 5.07. The second kappa shape index (κ2) is 10.5. The van der Waals surface area contributed by atoms with Crippen LogP contribution in [0.2, 0.25) is 0 Å². The second-order valence-corrected chi connectivity index (χ2v) is 10.8. The number of benzene rings is 3. The highest BCUT2D eigenvalue weighted by molar-refractivity contribution is 7.92. The van der Waals surface area contributed by atoms with Gasteiger partial charge in [-0.3, -0.25) is 4.31 Å². The summed E-state index contributed by atoms with van der Waals surface area (Å²) in [4.78, 5) is 9.59. The number of sulfonamides is 1. The average molecular weight is 509 g/mol. The number of aromatic nitrogens is 1. The van der Waals surface area contributed by atoms with E-state index in [1.165, 1.54) is 16.4 Å². The van der Waals surface area contributed by atoms with Crippen LogP contribution in [0.25, 0.3) is 10.9 Å². The first kappa shape index (κ1) is 25.4. The van der Waals surface area contributed by atoms with Gasteiger partial charge in [0.05, 0.1) is 33.9 Å². The molecular formula is C27H29FN4O3S. The number of anilines is 1. The van der Waals surface area contributed by atoms with Gasteiger partial charge in [-0.05, 0) is 63.5 Å². The summed E-state index contributed by atoms with van der Waals surface area (Å²) in [5.41, 5.74) is 3.33. The molecular weight excluding hydrogens is 479 g/mol. The molecule has 0 fully saturated rings. The third kappa shape index (κ3) is 5.42. The molecule has 1 aromatic heterocycles. The molecule has 0 atom stereocenters. The van der Waals surface area contributed by atoms with Crippen molar-refractivity contribution in [2.45, 2.75) is 6.92 Å². The van der Waals surface area contributed by atoms with Crippen molar-refractivity contribution in [3.05, 3.63) is 89.7 Å². The van der Waals surface area contributed by atoms with Crippen molar-refractivity contribution in [1.29, 1.82) is 0 Å². The number of nitrogens with zero attached hydrogens (tertiary/aromatic N) is 3. The predicted molar refractivity (Wildman–Crippen MR) is 143 cm³/mol. The number of rotatable bonds is 9. The standard InChI is InChI=1S/C27H29FN4O3S/c1-4-36(34,35)32(17-16-31(2)3)22-13-11-21(12-14-22)29-26(19-8-6-5-7-9-19)25-23-15-10-20(28)18-24(23)30-27(25)33/h5-15,18,30,33H,4,16-17H2,1-3H3. The van der Waals surface area contributed by atoms with Gasteiger partial charge < -0.3 is 15.0 Å². The summed E-state index contributed by atoms with van der Waals surface area (Å²) in [7, 11) is 0.340. The summed E-state index contributed by atoms with van der Waals surface area (Å²) in [5.74, 6) is -0.525. The van der Waals surface area contributed by atoms with Crippen LogP contribution in [0.1, 0.15) is 18.1 Å². The van der Waals surface area contributed by atoms with Crippen molar-refractivity contribution in [3.8, 4) is 5.88 Å². The second-order valence-electron chi connectivity index (χ2n) is 8.66. The number of hydrogen-bond acceptors (Lipinski definition) is 5. The molecule has 2 N–H and O–H groups in total. The van der Waals surface area contributed by atoms with E-state index in [0.717, 1.165) is 5.56 Å². The quantitative estimate of drug-likeness (QED) is 0.315. The van der Waals surface area contributed by atoms with Crippen molar-refractivity contribution in [2.75, 3.05) is 37.2 Å². The van der Waals surface area contributed by atoms with Gasteiger partial charge in [-0.2, -0.15) is 0 Å². The summed E-state index contributed by atoms with van der Waals surface area (Å²) in [6.45, 7) is 2.54. The summed E-state index contributed by atoms with van der Waals surface area (Å²) < 4.78 is 40.6. The Morgan fingerprint density at radius 1 is 1.00 bits per heavy atom. The highest BCUT2D eigenvalue weighted by atomic mass is 32.2. The maximum Gasteiger partial charge on any atom is 0.234 e. The molecule has 3 aromatic carbocycles. The van der Waals surface area contributed by atoms with Crippen LogP contribution in [0.5, 0.6) is 5.88 Å². The smallest absolute Gasteiger partial charge is 0.234 e. The van der Waals surface area contributed by atoms with Crippen LogP contribution in [0.3, 0.4) is 0 Å². The average Bonchev–Trinajstić information content (AvgIpc) is 3.18. The number of aliphatic imine (C=N–C) groups is 1. The van der Waals surface area contributed by atoms with Gasteiger partial charge >= 0.3 is 0 Å². The third-order valence-electron chi connectivity index (χ3n) is 5.85. The van der Waals surface area contributed by atoms with Gasteiger partial charge in [0.25, 0.3) is 0 Å². The molecule has 0 amide bonds. The number of nitrogens with one attached hydrogen (secondary N) is 1. The van der Waals surface area contributed by atoms with Gasteiger partial charge in [0.2, 0.25) is 10.0 Å². The lowest BCUT2D eigenvalue weighted by atomic mass is 10.0. The number of halogens is 1. The highest BCUT2D eigenvalue weighted by Crippen LogP contribution is 2.32. The lowest BCUT2D eigenvalue weighted by molar-refractivity contribution is 0.419. The molecule has 0 unspecified atom stereocenters. The fourth-order valence-electron chi connectivity index (χ4n) is 3.95. The van der Waals surface area contributed by atoms with E-state index in [9.17, 15) is 17.9 Å². The lowest BCUT2D eigenvalue weighted by Crippen LogP contribution is -2.37. The van der Waals surface area contributed by atoms with Gasteiger partial charge in [0.15, 0.2) is 5.88 Å². The zero-order valence-corrected chi connectivity index (χ0v) is 21.3. The minimum absolute atomic E-state index is 0.00107. The largest absolute Gasteiger partial charge is 0.494 e. The number of aromatic hydroxyl groups is 1. The van der Waals surface area contributed by atoms with Gasteiger partial charge in [0, 0.05) is 24.0 Å². The summed E-state index contributed by atoms with van der Waals surface area (Å²) in [5, 5.41) is 11.4. The topological polar surface area (TPSA) is 89.0 Å². The normalized spacial score (nSPS) is 12.4. The SMILES string of the molecule is CCS(=O)(=O)N(CCN(C)C)c1ccc(N=C(c2ccccc2)c2c(O)[nH]c3cc(F)ccc23)cc1. The van der Waals surface area contributed by atoms with Crippen molar-refractivity contribution in [3.63, 3.8) is 0 Å². The maximum atomic E-state index is 13.8. The van der Waals surface area contributed by atoms with Crippen LogP contribution in [0.15, 0.2) is 77.8 Å². The Morgan fingerprint density at radius 2 is 1.69 bits per heavy atom. The Labute approximate surface area is 210 Å². The molecule has 9 heteroatoms. The van der Waals surface area contributed by atoms with E-state index in [2.05, 4.69) is 4.98 Å². The Morgan fingerprint density at radius 3 is 2.33 bits per heavy atom. The molecule has 0 radical (unpaired) electrons. The Balaban J connectivity index is 1.79. The molecule has 7 nitrogen and oxygen atoms in total. The monoisotopic (exact) mass is 508 g/mol. The first-order valence-electron chi connectivity index (χ1n) is 11.6. The molecule has 4 aromatic rings. The van der Waals surface area contributed by atoms with Gasteiger partial charge in [-0.25, -0.2) is 17.8 Å². The predicted octanol–water partition coefficient (Wildman–Crippen LogP) is 4.90. The van der Waals surface area contributed by atoms with Gasteiger partial charge in [-0.15, -0.1) is 0 Å². The first-order valence-corrected chi connectivity index (χ1v) is 13.2. The summed E-state index contributed by atoms with van der Waals surface area (Å²) >= 11 is 0. The molecule has 0 spiro atoms. The van der Waals surface area contributed by atoms with Crippen LogP contribution in [0, 0.1) is 5.82 Å². The fraction of sp³-hybridized carbons (Fsp3) is 0.222. The van der Waals surface area contributed by atoms with Crippen LogP contribution in [-0.2, 0) is 10.0 Å². The molecule has 1 heterocycles. The van der Waals surface area contributed by atoms with E-state index in [-0.39, 0.29) is 11.6 Å². The molecule has 0 aliphatic carbocycles. The molecule has 36 heavy (non-hydrogen) atoms. The van der Waals surface area contributed by atoms with E-state index in [4.69, 9.17) is 4.99 Å². The Hall–Kier alpha value is -3.69. The third-order valence-corrected chi connectivity index (χ3v) is 7.65. The molecule has 0 saturated carbocycles. The molecule has 4 rings (SSSR count). The van der Waals surface area contributed by atoms with Crippen LogP contribution in [0.4, 0.5) is 15.8 Å². The number of fused-ring (bicyclic) bond motifs is 1. The molecule has 0 aliphatic heterocycles. The zero-order chi connectivity index (χ0) is 25.9. The summed E-state index contributed by atoms with van der Waals surface area (Å²) in [6.07, 6.45) is 0. The number of likely N-dealkylation sites (N-methyl/N-ethyl adjacent to an activating group) is 1. The maximum absolute atomic E-state index is 13.8. The van der Waals surface area contributed by atoms with E-state index in [1.54, 1.807) is 37.3 Å². The highest BCUT2D eigenvalue weighted by Gasteiger charge is 2.21. The van der Waals surface area contributed by atoms with E-state index in [1.807, 2.05) is 49.3 Å². The number of hydrogen-bond donors (Lipinski definition) is 2.